The first-order valence-corrected chi connectivity index (χ1v) is 11.7. The Morgan fingerprint density at radius 1 is 1.28 bits per heavy atom. The molecule has 1 aliphatic carbocycles. The molecular formula is C21H29ClN4O5S. The van der Waals surface area contributed by atoms with Gasteiger partial charge < -0.3 is 20.8 Å². The smallest absolute Gasteiger partial charge is 0.303 e. The lowest BCUT2D eigenvalue weighted by Crippen LogP contribution is -2.41. The Hall–Kier alpha value is -2.40. The molecule has 3 aromatic rings. The van der Waals surface area contributed by atoms with Crippen molar-refractivity contribution in [2.45, 2.75) is 56.5 Å². The van der Waals surface area contributed by atoms with E-state index in [1.54, 1.807) is 37.4 Å². The van der Waals surface area contributed by atoms with Gasteiger partial charge in [0.05, 0.1) is 4.90 Å². The van der Waals surface area contributed by atoms with Gasteiger partial charge in [-0.2, -0.15) is 4.31 Å². The molecule has 2 aromatic heterocycles. The molecule has 5 N–H and O–H groups in total. The van der Waals surface area contributed by atoms with Crippen molar-refractivity contribution in [3.63, 3.8) is 0 Å². The second kappa shape index (κ2) is 10.5. The molecule has 0 spiro atoms. The van der Waals surface area contributed by atoms with Crippen LogP contribution in [0.4, 0.5) is 0 Å². The molecule has 4 rings (SSSR count). The number of nitrogens with one attached hydrogen (secondary N) is 2. The molecule has 0 bridgehead atoms. The van der Waals surface area contributed by atoms with E-state index in [-0.39, 0.29) is 34.9 Å². The molecule has 1 aromatic carbocycles. The summed E-state index contributed by atoms with van der Waals surface area (Å²) in [7, 11) is -3.64. The normalized spacial score (nSPS) is 14.6. The van der Waals surface area contributed by atoms with Crippen molar-refractivity contribution in [2.24, 2.45) is 5.73 Å². The number of carboxylic acid groups (broad SMARTS) is 1. The minimum Gasteiger partial charge on any atom is -0.481 e. The van der Waals surface area contributed by atoms with Gasteiger partial charge in [0.25, 0.3) is 5.56 Å². The molecule has 0 radical (unpaired) electrons. The molecular weight excluding hydrogens is 456 g/mol. The van der Waals surface area contributed by atoms with Gasteiger partial charge in [-0.1, -0.05) is 6.92 Å². The topological polar surface area (TPSA) is 149 Å². The van der Waals surface area contributed by atoms with Gasteiger partial charge in [0.2, 0.25) is 10.0 Å². The molecule has 2 heterocycles. The maximum atomic E-state index is 13.1. The largest absolute Gasteiger partial charge is 0.481 e. The number of hydrogen-bond donors (Lipinski definition) is 4. The van der Waals surface area contributed by atoms with Crippen molar-refractivity contribution in [1.82, 2.24) is 14.3 Å². The van der Waals surface area contributed by atoms with Gasteiger partial charge in [-0.15, -0.1) is 12.4 Å². The molecule has 0 saturated heterocycles. The lowest BCUT2D eigenvalue weighted by molar-refractivity contribution is -0.137. The lowest BCUT2D eigenvalue weighted by atomic mass is 10.1. The van der Waals surface area contributed by atoms with E-state index >= 15 is 0 Å². The predicted molar refractivity (Wildman–Crippen MR) is 127 cm³/mol. The number of sulfonamides is 1. The number of carbonyl (C=O) groups is 1. The van der Waals surface area contributed by atoms with E-state index < -0.39 is 16.0 Å². The van der Waals surface area contributed by atoms with Gasteiger partial charge in [-0.25, -0.2) is 8.42 Å². The summed E-state index contributed by atoms with van der Waals surface area (Å²) in [6.07, 6.45) is 4.44. The van der Waals surface area contributed by atoms with Crippen molar-refractivity contribution >= 4 is 50.2 Å². The Bertz CT molecular complexity index is 1250. The fourth-order valence-electron chi connectivity index (χ4n) is 3.42. The number of carboxylic acids is 1. The van der Waals surface area contributed by atoms with Crippen LogP contribution in [-0.4, -0.2) is 52.4 Å². The Kier molecular flexibility index (Phi) is 8.47. The summed E-state index contributed by atoms with van der Waals surface area (Å²) < 4.78 is 27.8. The Morgan fingerprint density at radius 2 is 1.97 bits per heavy atom. The van der Waals surface area contributed by atoms with Crippen LogP contribution in [0.5, 0.6) is 0 Å². The fourth-order valence-corrected chi connectivity index (χ4v) is 5.23. The van der Waals surface area contributed by atoms with Crippen molar-refractivity contribution < 1.29 is 18.3 Å². The molecule has 176 valence electrons. The summed E-state index contributed by atoms with van der Waals surface area (Å²) in [6, 6.07) is 6.41. The Labute approximate surface area is 192 Å². The molecule has 0 unspecified atom stereocenters. The number of benzene rings is 1. The number of fused-ring (bicyclic) bond motifs is 3. The summed E-state index contributed by atoms with van der Waals surface area (Å²) in [5, 5.41) is 9.32. The summed E-state index contributed by atoms with van der Waals surface area (Å²) in [5.74, 6) is -0.711. The van der Waals surface area contributed by atoms with Crippen molar-refractivity contribution in [3.8, 4) is 0 Å². The zero-order valence-corrected chi connectivity index (χ0v) is 19.6. The molecule has 1 atom stereocenters. The average Bonchev–Trinajstić information content (AvgIpc) is 3.40. The first kappa shape index (κ1) is 25.9. The van der Waals surface area contributed by atoms with Crippen LogP contribution in [0.15, 0.2) is 40.2 Å². The summed E-state index contributed by atoms with van der Waals surface area (Å²) in [6.45, 7) is 3.95. The second-order valence-corrected chi connectivity index (χ2v) is 9.75. The molecule has 0 aliphatic heterocycles. The van der Waals surface area contributed by atoms with Gasteiger partial charge in [-0.3, -0.25) is 9.59 Å². The number of aromatic amines is 2. The van der Waals surface area contributed by atoms with E-state index in [0.29, 0.717) is 34.8 Å². The van der Waals surface area contributed by atoms with Gasteiger partial charge >= 0.3 is 5.97 Å². The van der Waals surface area contributed by atoms with E-state index in [1.807, 2.05) is 6.92 Å². The van der Waals surface area contributed by atoms with E-state index in [4.69, 9.17) is 10.8 Å². The third-order valence-electron chi connectivity index (χ3n) is 5.00. The van der Waals surface area contributed by atoms with Crippen LogP contribution in [0.2, 0.25) is 0 Å². The van der Waals surface area contributed by atoms with Crippen LogP contribution >= 0.6 is 12.4 Å². The van der Waals surface area contributed by atoms with Gasteiger partial charge in [0, 0.05) is 47.5 Å². The SMILES string of the molecule is CCCC(=O)O.C[C@@H](N)CN(C1CC1)S(=O)(=O)c1ccc2[nH]c(=O)c3[nH]ccc3c2c1.Cl. The minimum absolute atomic E-state index is 0. The third kappa shape index (κ3) is 5.69. The van der Waals surface area contributed by atoms with Crippen LogP contribution in [0.25, 0.3) is 21.8 Å². The van der Waals surface area contributed by atoms with Gasteiger partial charge in [-0.05, 0) is 50.5 Å². The second-order valence-electron chi connectivity index (χ2n) is 7.85. The minimum atomic E-state index is -3.64. The van der Waals surface area contributed by atoms with Crippen LogP contribution in [0, 0.1) is 0 Å². The Balaban J connectivity index is 0.000000461. The third-order valence-corrected chi connectivity index (χ3v) is 6.91. The number of nitrogens with two attached hydrogens (primary N) is 1. The summed E-state index contributed by atoms with van der Waals surface area (Å²) in [5.41, 5.74) is 6.68. The number of H-pyrrole nitrogens is 2. The maximum Gasteiger partial charge on any atom is 0.303 e. The number of aliphatic carboxylic acids is 1. The van der Waals surface area contributed by atoms with Crippen LogP contribution in [-0.2, 0) is 14.8 Å². The average molecular weight is 485 g/mol. The molecule has 1 saturated carbocycles. The van der Waals surface area contributed by atoms with E-state index in [2.05, 4.69) is 9.97 Å². The standard InChI is InChI=1S/C17H20N4O3S.C4H8O2.ClH/c1-10(18)9-21(11-2-3-11)25(23,24)12-4-5-15-14(8-12)13-6-7-19-16(13)17(22)20-15;1-2-3-4(5)6;/h4-8,10-11,19H,2-3,9,18H2,1H3,(H,20,22);2-3H2,1H3,(H,5,6);1H/t10-;;/m1../s1. The van der Waals surface area contributed by atoms with Crippen LogP contribution in [0.3, 0.4) is 0 Å². The first-order chi connectivity index (χ1) is 14.6. The maximum absolute atomic E-state index is 13.1. The van der Waals surface area contributed by atoms with E-state index in [9.17, 15) is 18.0 Å². The van der Waals surface area contributed by atoms with E-state index in [1.165, 1.54) is 4.31 Å². The highest BCUT2D eigenvalue weighted by Crippen LogP contribution is 2.33. The zero-order chi connectivity index (χ0) is 22.8. The molecule has 0 amide bonds. The monoisotopic (exact) mass is 484 g/mol. The first-order valence-electron chi connectivity index (χ1n) is 10.3. The number of aromatic nitrogens is 2. The van der Waals surface area contributed by atoms with Crippen molar-refractivity contribution in [3.05, 3.63) is 40.8 Å². The molecule has 32 heavy (non-hydrogen) atoms. The van der Waals surface area contributed by atoms with Crippen LogP contribution in [0.1, 0.15) is 39.5 Å². The van der Waals surface area contributed by atoms with Gasteiger partial charge in [0.15, 0.2) is 0 Å². The highest BCUT2D eigenvalue weighted by molar-refractivity contribution is 7.89. The number of pyridine rings is 1. The number of nitrogens with zero attached hydrogens (tertiary/aromatic N) is 1. The number of halogens is 1. The van der Waals surface area contributed by atoms with Gasteiger partial charge in [0.1, 0.15) is 5.52 Å². The quantitative estimate of drug-likeness (QED) is 0.405. The molecule has 9 nitrogen and oxygen atoms in total. The Morgan fingerprint density at radius 3 is 2.50 bits per heavy atom. The summed E-state index contributed by atoms with van der Waals surface area (Å²) >= 11 is 0. The lowest BCUT2D eigenvalue weighted by Gasteiger charge is -2.23. The highest BCUT2D eigenvalue weighted by Gasteiger charge is 2.38. The summed E-state index contributed by atoms with van der Waals surface area (Å²) in [4.78, 5) is 27.5. The zero-order valence-electron chi connectivity index (χ0n) is 18.0. The van der Waals surface area contributed by atoms with Crippen molar-refractivity contribution in [1.29, 1.82) is 0 Å². The number of rotatable bonds is 7. The predicted octanol–water partition coefficient (Wildman–Crippen LogP) is 2.80. The molecule has 11 heteroatoms. The highest BCUT2D eigenvalue weighted by atomic mass is 35.5. The number of hydrogen-bond acceptors (Lipinski definition) is 5. The molecule has 1 aliphatic rings. The van der Waals surface area contributed by atoms with Crippen molar-refractivity contribution in [2.75, 3.05) is 6.54 Å². The molecule has 1 fully saturated rings. The van der Waals surface area contributed by atoms with E-state index in [0.717, 1.165) is 19.3 Å². The fraction of sp³-hybridized carbons (Fsp3) is 0.429. The van der Waals surface area contributed by atoms with Crippen LogP contribution < -0.4 is 11.3 Å².